The maximum Gasteiger partial charge on any atom is 0.255 e. The normalized spacial score (nSPS) is 20.0. The van der Waals surface area contributed by atoms with Crippen LogP contribution in [0.25, 0.3) is 0 Å². The van der Waals surface area contributed by atoms with Crippen LogP contribution in [-0.2, 0) is 6.42 Å². The van der Waals surface area contributed by atoms with Gasteiger partial charge in [0.25, 0.3) is 5.91 Å². The second kappa shape index (κ2) is 8.23. The van der Waals surface area contributed by atoms with Gasteiger partial charge in [-0.3, -0.25) is 4.79 Å². The van der Waals surface area contributed by atoms with Gasteiger partial charge < -0.3 is 19.9 Å². The molecule has 0 aromatic heterocycles. The minimum Gasteiger partial charge on any atom is -0.497 e. The SMILES string of the molecule is COc1ccc(C(=O)NC(Cc2ccccc2)C2CC(O)C2)c(OC)c1. The first-order valence-electron chi connectivity index (χ1n) is 8.85. The van der Waals surface area contributed by atoms with Crippen molar-refractivity contribution >= 4 is 5.91 Å². The van der Waals surface area contributed by atoms with E-state index in [9.17, 15) is 9.90 Å². The fourth-order valence-corrected chi connectivity index (χ4v) is 3.39. The van der Waals surface area contributed by atoms with E-state index in [1.165, 1.54) is 12.7 Å². The minimum atomic E-state index is -0.259. The highest BCUT2D eigenvalue weighted by Gasteiger charge is 2.35. The number of rotatable bonds is 7. The lowest BCUT2D eigenvalue weighted by molar-refractivity contribution is 0.0239. The van der Waals surface area contributed by atoms with E-state index in [4.69, 9.17) is 9.47 Å². The Bertz CT molecular complexity index is 741. The quantitative estimate of drug-likeness (QED) is 0.801. The van der Waals surface area contributed by atoms with Crippen molar-refractivity contribution in [2.45, 2.75) is 31.4 Å². The Morgan fingerprint density at radius 3 is 2.50 bits per heavy atom. The highest BCUT2D eigenvalue weighted by molar-refractivity contribution is 5.97. The molecule has 0 spiro atoms. The van der Waals surface area contributed by atoms with Gasteiger partial charge in [0.05, 0.1) is 25.9 Å². The van der Waals surface area contributed by atoms with Gasteiger partial charge >= 0.3 is 0 Å². The van der Waals surface area contributed by atoms with Crippen LogP contribution < -0.4 is 14.8 Å². The van der Waals surface area contributed by atoms with Gasteiger partial charge in [0.2, 0.25) is 0 Å². The van der Waals surface area contributed by atoms with Crippen LogP contribution in [0.4, 0.5) is 0 Å². The standard InChI is InChI=1S/C21H25NO4/c1-25-17-8-9-18(20(13-17)26-2)21(24)22-19(15-11-16(23)12-15)10-14-6-4-3-5-7-14/h3-9,13,15-16,19,23H,10-12H2,1-2H3,(H,22,24). The molecule has 1 atom stereocenters. The molecule has 1 fully saturated rings. The monoisotopic (exact) mass is 355 g/mol. The number of carbonyl (C=O) groups excluding carboxylic acids is 1. The van der Waals surface area contributed by atoms with Crippen LogP contribution in [0.2, 0.25) is 0 Å². The summed E-state index contributed by atoms with van der Waals surface area (Å²) in [6.45, 7) is 0. The average molecular weight is 355 g/mol. The number of benzene rings is 2. The van der Waals surface area contributed by atoms with E-state index in [0.717, 1.165) is 19.3 Å². The smallest absolute Gasteiger partial charge is 0.255 e. The third-order valence-corrected chi connectivity index (χ3v) is 4.99. The fraction of sp³-hybridized carbons (Fsp3) is 0.381. The van der Waals surface area contributed by atoms with E-state index in [1.807, 2.05) is 18.2 Å². The molecule has 1 aliphatic rings. The van der Waals surface area contributed by atoms with Crippen molar-refractivity contribution < 1.29 is 19.4 Å². The molecule has 0 saturated heterocycles. The maximum absolute atomic E-state index is 12.9. The van der Waals surface area contributed by atoms with Gasteiger partial charge in [0.15, 0.2) is 0 Å². The second-order valence-electron chi connectivity index (χ2n) is 6.72. The average Bonchev–Trinajstić information content (AvgIpc) is 2.65. The molecule has 1 aliphatic carbocycles. The lowest BCUT2D eigenvalue weighted by atomic mass is 9.75. The summed E-state index contributed by atoms with van der Waals surface area (Å²) < 4.78 is 10.5. The molecule has 1 amide bonds. The number of amides is 1. The van der Waals surface area contributed by atoms with E-state index in [0.29, 0.717) is 17.1 Å². The van der Waals surface area contributed by atoms with Crippen molar-refractivity contribution in [2.75, 3.05) is 14.2 Å². The van der Waals surface area contributed by atoms with Crippen molar-refractivity contribution in [1.82, 2.24) is 5.32 Å². The maximum atomic E-state index is 12.9. The van der Waals surface area contributed by atoms with Gasteiger partial charge in [0, 0.05) is 12.1 Å². The molecular weight excluding hydrogens is 330 g/mol. The molecule has 2 aromatic carbocycles. The Labute approximate surface area is 153 Å². The molecular formula is C21H25NO4. The number of carbonyl (C=O) groups is 1. The summed E-state index contributed by atoms with van der Waals surface area (Å²) in [6, 6.07) is 15.2. The Balaban J connectivity index is 1.76. The zero-order valence-corrected chi connectivity index (χ0v) is 15.1. The Morgan fingerprint density at radius 1 is 1.15 bits per heavy atom. The number of hydrogen-bond acceptors (Lipinski definition) is 4. The lowest BCUT2D eigenvalue weighted by Gasteiger charge is -2.38. The van der Waals surface area contributed by atoms with E-state index < -0.39 is 0 Å². The van der Waals surface area contributed by atoms with Crippen molar-refractivity contribution in [3.05, 3.63) is 59.7 Å². The largest absolute Gasteiger partial charge is 0.497 e. The molecule has 2 N–H and O–H groups in total. The first-order valence-corrected chi connectivity index (χ1v) is 8.85. The minimum absolute atomic E-state index is 0.0277. The van der Waals surface area contributed by atoms with E-state index in [1.54, 1.807) is 25.3 Å². The van der Waals surface area contributed by atoms with E-state index >= 15 is 0 Å². The topological polar surface area (TPSA) is 67.8 Å². The molecule has 1 saturated carbocycles. The van der Waals surface area contributed by atoms with Crippen molar-refractivity contribution in [3.63, 3.8) is 0 Å². The Hall–Kier alpha value is -2.53. The molecule has 5 nitrogen and oxygen atoms in total. The molecule has 26 heavy (non-hydrogen) atoms. The molecule has 0 bridgehead atoms. The van der Waals surface area contributed by atoms with Gasteiger partial charge in [-0.1, -0.05) is 30.3 Å². The number of aliphatic hydroxyl groups is 1. The van der Waals surface area contributed by atoms with Gasteiger partial charge in [-0.05, 0) is 42.9 Å². The summed E-state index contributed by atoms with van der Waals surface area (Å²) in [5, 5.41) is 12.8. The highest BCUT2D eigenvalue weighted by atomic mass is 16.5. The van der Waals surface area contributed by atoms with E-state index in [-0.39, 0.29) is 24.0 Å². The van der Waals surface area contributed by atoms with Crippen LogP contribution in [0.3, 0.4) is 0 Å². The number of nitrogens with one attached hydrogen (secondary N) is 1. The second-order valence-corrected chi connectivity index (χ2v) is 6.72. The van der Waals surface area contributed by atoms with Crippen molar-refractivity contribution in [1.29, 1.82) is 0 Å². The summed E-state index contributed by atoms with van der Waals surface area (Å²) in [4.78, 5) is 12.9. The number of aliphatic hydroxyl groups excluding tert-OH is 1. The predicted molar refractivity (Wildman–Crippen MR) is 99.7 cm³/mol. The predicted octanol–water partition coefficient (Wildman–Crippen LogP) is 2.82. The number of methoxy groups -OCH3 is 2. The van der Waals surface area contributed by atoms with Crippen LogP contribution in [0, 0.1) is 5.92 Å². The molecule has 0 radical (unpaired) electrons. The summed E-state index contributed by atoms with van der Waals surface area (Å²) in [5.74, 6) is 1.22. The van der Waals surface area contributed by atoms with Crippen LogP contribution in [-0.4, -0.2) is 37.4 Å². The number of hydrogen-bond donors (Lipinski definition) is 2. The summed E-state index contributed by atoms with van der Waals surface area (Å²) in [7, 11) is 3.11. The zero-order valence-electron chi connectivity index (χ0n) is 15.1. The number of ether oxygens (including phenoxy) is 2. The third-order valence-electron chi connectivity index (χ3n) is 4.99. The summed E-state index contributed by atoms with van der Waals surface area (Å²) >= 11 is 0. The van der Waals surface area contributed by atoms with Crippen molar-refractivity contribution in [2.24, 2.45) is 5.92 Å². The van der Waals surface area contributed by atoms with Gasteiger partial charge in [0.1, 0.15) is 11.5 Å². The van der Waals surface area contributed by atoms with Crippen LogP contribution >= 0.6 is 0 Å². The van der Waals surface area contributed by atoms with Crippen LogP contribution in [0.15, 0.2) is 48.5 Å². The first kappa shape index (κ1) is 18.3. The molecule has 3 rings (SSSR count). The van der Waals surface area contributed by atoms with E-state index in [2.05, 4.69) is 17.4 Å². The van der Waals surface area contributed by atoms with Gasteiger partial charge in [-0.25, -0.2) is 0 Å². The molecule has 0 aliphatic heterocycles. The molecule has 5 heteroatoms. The van der Waals surface area contributed by atoms with Crippen LogP contribution in [0.5, 0.6) is 11.5 Å². The fourth-order valence-electron chi connectivity index (χ4n) is 3.39. The third kappa shape index (κ3) is 4.17. The highest BCUT2D eigenvalue weighted by Crippen LogP contribution is 2.32. The zero-order chi connectivity index (χ0) is 18.5. The molecule has 1 unspecified atom stereocenters. The lowest BCUT2D eigenvalue weighted by Crippen LogP contribution is -2.48. The summed E-state index contributed by atoms with van der Waals surface area (Å²) in [5.41, 5.74) is 1.65. The molecule has 2 aromatic rings. The van der Waals surface area contributed by atoms with Crippen molar-refractivity contribution in [3.8, 4) is 11.5 Å². The van der Waals surface area contributed by atoms with Gasteiger partial charge in [-0.2, -0.15) is 0 Å². The first-order chi connectivity index (χ1) is 12.6. The summed E-state index contributed by atoms with van der Waals surface area (Å²) in [6.07, 6.45) is 1.92. The van der Waals surface area contributed by atoms with Crippen LogP contribution in [0.1, 0.15) is 28.8 Å². The Morgan fingerprint density at radius 2 is 1.88 bits per heavy atom. The Kier molecular flexibility index (Phi) is 5.78. The van der Waals surface area contributed by atoms with Gasteiger partial charge in [-0.15, -0.1) is 0 Å². The molecule has 0 heterocycles. The molecule has 138 valence electrons.